The normalized spacial score (nSPS) is 24.3. The van der Waals surface area contributed by atoms with Gasteiger partial charge in [0, 0.05) is 51.8 Å². The molecular weight excluding hydrogens is 401 g/mol. The summed E-state index contributed by atoms with van der Waals surface area (Å²) >= 11 is 0. The van der Waals surface area contributed by atoms with Crippen LogP contribution in [-0.4, -0.2) is 78.6 Å². The quantitative estimate of drug-likeness (QED) is 0.441. The van der Waals surface area contributed by atoms with Crippen molar-refractivity contribution < 1.29 is 14.0 Å². The first-order valence-electron chi connectivity index (χ1n) is 11.2. The molecule has 4 rings (SSSR count). The minimum absolute atomic E-state index is 0.181. The number of nitrogens with zero attached hydrogens (tertiary/aromatic N) is 4. The molecule has 3 aliphatic rings. The summed E-state index contributed by atoms with van der Waals surface area (Å²) in [4.78, 5) is 32.1. The summed E-state index contributed by atoms with van der Waals surface area (Å²) in [7, 11) is 0. The Kier molecular flexibility index (Phi) is 6.99. The first-order valence-corrected chi connectivity index (χ1v) is 11.2. The summed E-state index contributed by atoms with van der Waals surface area (Å²) < 4.78 is 14.6. The van der Waals surface area contributed by atoms with Gasteiger partial charge in [-0.05, 0) is 38.1 Å². The number of pyridine rings is 1. The van der Waals surface area contributed by atoms with E-state index >= 15 is 0 Å². The fourth-order valence-electron chi connectivity index (χ4n) is 4.53. The fourth-order valence-corrected chi connectivity index (χ4v) is 4.53. The van der Waals surface area contributed by atoms with Crippen LogP contribution in [0.25, 0.3) is 0 Å². The van der Waals surface area contributed by atoms with Crippen molar-refractivity contribution in [2.45, 2.75) is 38.1 Å². The van der Waals surface area contributed by atoms with E-state index in [2.05, 4.69) is 25.4 Å². The van der Waals surface area contributed by atoms with Crippen molar-refractivity contribution >= 4 is 23.3 Å². The molecule has 4 N–H and O–H groups in total. The van der Waals surface area contributed by atoms with Crippen molar-refractivity contribution in [1.29, 1.82) is 0 Å². The van der Waals surface area contributed by atoms with E-state index in [1.165, 1.54) is 31.5 Å². The average molecular weight is 434 g/mol. The molecule has 31 heavy (non-hydrogen) atoms. The molecule has 0 saturated carbocycles. The van der Waals surface area contributed by atoms with Gasteiger partial charge in [0.25, 0.3) is 0 Å². The van der Waals surface area contributed by atoms with Gasteiger partial charge in [-0.25, -0.2) is 14.4 Å². The van der Waals surface area contributed by atoms with E-state index in [9.17, 15) is 14.0 Å². The molecule has 170 valence electrons. The number of amides is 2. The molecule has 0 bridgehead atoms. The van der Waals surface area contributed by atoms with Gasteiger partial charge in [0.15, 0.2) is 5.82 Å². The molecule has 4 heterocycles. The van der Waals surface area contributed by atoms with Crippen molar-refractivity contribution in [2.24, 2.45) is 11.8 Å². The molecule has 2 amide bonds. The number of aromatic nitrogens is 1. The summed E-state index contributed by atoms with van der Waals surface area (Å²) in [5.74, 6) is 6.05. The van der Waals surface area contributed by atoms with E-state index in [4.69, 9.17) is 5.84 Å². The number of hydrogen-bond donors (Lipinski definition) is 3. The Morgan fingerprint density at radius 1 is 1.13 bits per heavy atom. The molecule has 0 spiro atoms. The van der Waals surface area contributed by atoms with Crippen molar-refractivity contribution in [1.82, 2.24) is 20.2 Å². The number of halogens is 1. The lowest BCUT2D eigenvalue weighted by molar-refractivity contribution is -0.133. The number of hydrazine groups is 1. The SMILES string of the molecule is NN1CCC(CCN2CCN(c3cc(F)c(NC4CCC(=O)NC4=O)cn3)CC2)CC1. The fraction of sp³-hybridized carbons (Fsp3) is 0.667. The van der Waals surface area contributed by atoms with Crippen LogP contribution in [0.5, 0.6) is 0 Å². The number of imide groups is 1. The highest BCUT2D eigenvalue weighted by Crippen LogP contribution is 2.23. The molecule has 0 aromatic carbocycles. The van der Waals surface area contributed by atoms with E-state index in [1.54, 1.807) is 0 Å². The summed E-state index contributed by atoms with van der Waals surface area (Å²) in [6.45, 7) is 6.58. The maximum absolute atomic E-state index is 14.6. The van der Waals surface area contributed by atoms with Crippen LogP contribution in [0, 0.1) is 11.7 Å². The van der Waals surface area contributed by atoms with E-state index in [0.717, 1.165) is 51.7 Å². The van der Waals surface area contributed by atoms with E-state index in [1.807, 2.05) is 5.01 Å². The monoisotopic (exact) mass is 433 g/mol. The topological polar surface area (TPSA) is 107 Å². The largest absolute Gasteiger partial charge is 0.370 e. The molecule has 0 aliphatic carbocycles. The van der Waals surface area contributed by atoms with Gasteiger partial charge in [-0.2, -0.15) is 0 Å². The lowest BCUT2D eigenvalue weighted by Gasteiger charge is -2.36. The molecule has 0 radical (unpaired) electrons. The van der Waals surface area contributed by atoms with E-state index in [0.29, 0.717) is 12.2 Å². The number of carbonyl (C=O) groups excluding carboxylic acids is 2. The second kappa shape index (κ2) is 9.88. The average Bonchev–Trinajstić information content (AvgIpc) is 2.77. The second-order valence-corrected chi connectivity index (χ2v) is 8.77. The van der Waals surface area contributed by atoms with Gasteiger partial charge in [0.2, 0.25) is 11.8 Å². The lowest BCUT2D eigenvalue weighted by atomic mass is 9.94. The first kappa shape index (κ1) is 21.9. The molecule has 1 atom stereocenters. The number of piperazine rings is 1. The van der Waals surface area contributed by atoms with Gasteiger partial charge in [0.1, 0.15) is 11.9 Å². The number of rotatable bonds is 6. The molecule has 1 aromatic heterocycles. The summed E-state index contributed by atoms with van der Waals surface area (Å²) in [6.07, 6.45) is 5.59. The smallest absolute Gasteiger partial charge is 0.249 e. The summed E-state index contributed by atoms with van der Waals surface area (Å²) in [5, 5.41) is 7.04. The maximum atomic E-state index is 14.6. The number of nitrogens with two attached hydrogens (primary N) is 1. The number of carbonyl (C=O) groups is 2. The van der Waals surface area contributed by atoms with Crippen molar-refractivity contribution in [3.63, 3.8) is 0 Å². The third-order valence-electron chi connectivity index (χ3n) is 6.61. The highest BCUT2D eigenvalue weighted by molar-refractivity contribution is 6.01. The van der Waals surface area contributed by atoms with Crippen LogP contribution in [0.15, 0.2) is 12.3 Å². The lowest BCUT2D eigenvalue weighted by Crippen LogP contribution is -2.48. The van der Waals surface area contributed by atoms with E-state index < -0.39 is 17.8 Å². The van der Waals surface area contributed by atoms with Crippen molar-refractivity contribution in [2.75, 3.05) is 56.0 Å². The Morgan fingerprint density at radius 2 is 1.87 bits per heavy atom. The van der Waals surface area contributed by atoms with Crippen LogP contribution < -0.4 is 21.4 Å². The Morgan fingerprint density at radius 3 is 2.55 bits per heavy atom. The molecule has 10 heteroatoms. The van der Waals surface area contributed by atoms with Gasteiger partial charge in [0.05, 0.1) is 11.9 Å². The molecular formula is C21H32FN7O2. The minimum Gasteiger partial charge on any atom is -0.370 e. The summed E-state index contributed by atoms with van der Waals surface area (Å²) in [5.41, 5.74) is 0.181. The van der Waals surface area contributed by atoms with Crippen LogP contribution in [0.2, 0.25) is 0 Å². The molecule has 3 saturated heterocycles. The predicted molar refractivity (Wildman–Crippen MR) is 116 cm³/mol. The van der Waals surface area contributed by atoms with Gasteiger partial charge >= 0.3 is 0 Å². The Hall–Kier alpha value is -2.30. The minimum atomic E-state index is -0.625. The molecule has 1 aromatic rings. The molecule has 1 unspecified atom stereocenters. The van der Waals surface area contributed by atoms with Crippen LogP contribution in [0.1, 0.15) is 32.1 Å². The van der Waals surface area contributed by atoms with Crippen LogP contribution in [0.4, 0.5) is 15.9 Å². The number of nitrogens with one attached hydrogen (secondary N) is 2. The third kappa shape index (κ3) is 5.69. The maximum Gasteiger partial charge on any atom is 0.249 e. The van der Waals surface area contributed by atoms with Crippen LogP contribution >= 0.6 is 0 Å². The first-order chi connectivity index (χ1) is 15.0. The zero-order valence-corrected chi connectivity index (χ0v) is 17.9. The number of hydrogen-bond acceptors (Lipinski definition) is 8. The van der Waals surface area contributed by atoms with Crippen molar-refractivity contribution in [3.05, 3.63) is 18.1 Å². The zero-order valence-electron chi connectivity index (χ0n) is 17.9. The van der Waals surface area contributed by atoms with Crippen LogP contribution in [0.3, 0.4) is 0 Å². The van der Waals surface area contributed by atoms with E-state index in [-0.39, 0.29) is 18.0 Å². The highest BCUT2D eigenvalue weighted by Gasteiger charge is 2.27. The van der Waals surface area contributed by atoms with Gasteiger partial charge < -0.3 is 10.2 Å². The second-order valence-electron chi connectivity index (χ2n) is 8.77. The molecule has 9 nitrogen and oxygen atoms in total. The number of piperidine rings is 2. The predicted octanol–water partition coefficient (Wildman–Crippen LogP) is 0.536. The van der Waals surface area contributed by atoms with Gasteiger partial charge in [-0.3, -0.25) is 25.6 Å². The number of anilines is 2. The van der Waals surface area contributed by atoms with Crippen LogP contribution in [-0.2, 0) is 9.59 Å². The Bertz CT molecular complexity index is 792. The molecule has 3 aliphatic heterocycles. The zero-order chi connectivity index (χ0) is 21.8. The Balaban J connectivity index is 1.24. The highest BCUT2D eigenvalue weighted by atomic mass is 19.1. The summed E-state index contributed by atoms with van der Waals surface area (Å²) in [6, 6.07) is 0.797. The molecule has 3 fully saturated rings. The van der Waals surface area contributed by atoms with Gasteiger partial charge in [-0.15, -0.1) is 0 Å². The van der Waals surface area contributed by atoms with Crippen molar-refractivity contribution in [3.8, 4) is 0 Å². The Labute approximate surface area is 182 Å². The third-order valence-corrected chi connectivity index (χ3v) is 6.61. The van der Waals surface area contributed by atoms with Gasteiger partial charge in [-0.1, -0.05) is 0 Å². The standard InChI is InChI=1S/C21H32FN7O2/c22-16-13-19(24-14-18(16)25-17-1-2-20(30)26-21(17)31)28-11-9-27(10-12-28)6-3-15-4-7-29(23)8-5-15/h13-15,17,25H,1-12,23H2,(H,26,30,31).